The fourth-order valence-corrected chi connectivity index (χ4v) is 3.08. The van der Waals surface area contributed by atoms with Crippen molar-refractivity contribution in [1.82, 2.24) is 19.3 Å². The number of carbonyl (C=O) groups is 1. The van der Waals surface area contributed by atoms with Crippen LogP contribution in [0.1, 0.15) is 5.56 Å². The molecule has 0 unspecified atom stereocenters. The number of amides is 1. The number of hydrogen-bond acceptors (Lipinski definition) is 5. The van der Waals surface area contributed by atoms with Crippen LogP contribution in [-0.4, -0.2) is 25.2 Å². The molecule has 0 saturated carbocycles. The second-order valence-corrected chi connectivity index (χ2v) is 6.57. The lowest BCUT2D eigenvalue weighted by molar-refractivity contribution is -0.116. The molecule has 0 aliphatic carbocycles. The lowest BCUT2D eigenvalue weighted by atomic mass is 10.2. The number of nitrogens with one attached hydrogen (secondary N) is 1. The van der Waals surface area contributed by atoms with E-state index in [2.05, 4.69) is 15.4 Å². The highest BCUT2D eigenvalue weighted by molar-refractivity contribution is 6.32. The van der Waals surface area contributed by atoms with Gasteiger partial charge >= 0.3 is 0 Å². The van der Waals surface area contributed by atoms with Crippen molar-refractivity contribution < 1.29 is 4.79 Å². The number of nitrogens with zero attached hydrogens (tertiary/aromatic N) is 5. The minimum Gasteiger partial charge on any atom is -0.324 e. The Balaban J connectivity index is 1.58. The molecule has 9 heteroatoms. The number of anilines is 1. The van der Waals surface area contributed by atoms with Gasteiger partial charge < -0.3 is 5.32 Å². The Morgan fingerprint density at radius 3 is 2.72 bits per heavy atom. The Labute approximate surface area is 169 Å². The molecule has 8 nitrogen and oxygen atoms in total. The van der Waals surface area contributed by atoms with E-state index < -0.39 is 5.91 Å². The lowest BCUT2D eigenvalue weighted by Gasteiger charge is -2.08. The van der Waals surface area contributed by atoms with Crippen molar-refractivity contribution in [1.29, 1.82) is 5.26 Å². The molecule has 142 valence electrons. The van der Waals surface area contributed by atoms with E-state index in [-0.39, 0.29) is 17.1 Å². The summed E-state index contributed by atoms with van der Waals surface area (Å²) in [4.78, 5) is 29.4. The molecule has 0 spiro atoms. The first-order valence-electron chi connectivity index (χ1n) is 8.55. The van der Waals surface area contributed by atoms with Crippen molar-refractivity contribution >= 4 is 34.2 Å². The first-order chi connectivity index (χ1) is 14.1. The van der Waals surface area contributed by atoms with Gasteiger partial charge in [-0.1, -0.05) is 29.8 Å². The summed E-state index contributed by atoms with van der Waals surface area (Å²) in [5.74, 6) is -0.426. The topological polar surface area (TPSA) is 106 Å². The van der Waals surface area contributed by atoms with Gasteiger partial charge in [-0.3, -0.25) is 14.2 Å². The van der Waals surface area contributed by atoms with Gasteiger partial charge in [0.25, 0.3) is 5.56 Å². The summed E-state index contributed by atoms with van der Waals surface area (Å²) in [6.45, 7) is -0.226. The van der Waals surface area contributed by atoms with Gasteiger partial charge in [0.1, 0.15) is 24.3 Å². The summed E-state index contributed by atoms with van der Waals surface area (Å²) in [6.07, 6.45) is 2.75. The maximum atomic E-state index is 12.7. The Morgan fingerprint density at radius 2 is 2.00 bits per heavy atom. The fourth-order valence-electron chi connectivity index (χ4n) is 2.86. The zero-order valence-corrected chi connectivity index (χ0v) is 15.7. The standard InChI is InChI=1S/C20H13ClN6O2/c21-17-8-14(7-6-13(17)9-22)25-18(28)11-26-12-23-19-16(20(26)29)10-24-27(19)15-4-2-1-3-5-15/h1-8,10,12H,11H2,(H,25,28). The van der Waals surface area contributed by atoms with Gasteiger partial charge in [-0.25, -0.2) is 9.67 Å². The van der Waals surface area contributed by atoms with Crippen LogP contribution in [0.25, 0.3) is 16.7 Å². The number of rotatable bonds is 4. The Bertz CT molecular complexity index is 1320. The molecular formula is C20H13ClN6O2. The molecule has 0 bridgehead atoms. The molecule has 4 rings (SSSR count). The van der Waals surface area contributed by atoms with Crippen LogP contribution in [0.3, 0.4) is 0 Å². The molecule has 0 aliphatic heterocycles. The van der Waals surface area contributed by atoms with Gasteiger partial charge in [-0.15, -0.1) is 0 Å². The number of nitriles is 1. The fraction of sp³-hybridized carbons (Fsp3) is 0.0500. The van der Waals surface area contributed by atoms with Crippen molar-refractivity contribution in [3.05, 3.63) is 82.0 Å². The largest absolute Gasteiger partial charge is 0.324 e. The van der Waals surface area contributed by atoms with Crippen LogP contribution in [-0.2, 0) is 11.3 Å². The molecule has 0 saturated heterocycles. The lowest BCUT2D eigenvalue weighted by Crippen LogP contribution is -2.27. The van der Waals surface area contributed by atoms with E-state index >= 15 is 0 Å². The molecule has 4 aromatic rings. The minimum absolute atomic E-state index is 0.226. The Kier molecular flexibility index (Phi) is 4.81. The monoisotopic (exact) mass is 404 g/mol. The van der Waals surface area contributed by atoms with Crippen molar-refractivity contribution in [2.24, 2.45) is 0 Å². The van der Waals surface area contributed by atoms with E-state index in [1.807, 2.05) is 36.4 Å². The maximum absolute atomic E-state index is 12.7. The van der Waals surface area contributed by atoms with Crippen LogP contribution >= 0.6 is 11.6 Å². The molecule has 0 aliphatic rings. The zero-order chi connectivity index (χ0) is 20.4. The number of carbonyl (C=O) groups excluding carboxylic acids is 1. The quantitative estimate of drug-likeness (QED) is 0.563. The van der Waals surface area contributed by atoms with Crippen LogP contribution in [0.15, 0.2) is 65.8 Å². The summed E-state index contributed by atoms with van der Waals surface area (Å²) in [7, 11) is 0. The predicted octanol–water partition coefficient (Wildman–Crippen LogP) is 2.75. The minimum atomic E-state index is -0.426. The van der Waals surface area contributed by atoms with E-state index in [1.165, 1.54) is 29.2 Å². The number of fused-ring (bicyclic) bond motifs is 1. The van der Waals surface area contributed by atoms with E-state index in [0.717, 1.165) is 5.69 Å². The maximum Gasteiger partial charge on any atom is 0.264 e. The normalized spacial score (nSPS) is 10.6. The van der Waals surface area contributed by atoms with E-state index in [0.29, 0.717) is 22.3 Å². The van der Waals surface area contributed by atoms with Gasteiger partial charge in [0.05, 0.1) is 22.5 Å². The molecule has 29 heavy (non-hydrogen) atoms. The number of benzene rings is 2. The molecule has 0 radical (unpaired) electrons. The van der Waals surface area contributed by atoms with E-state index in [4.69, 9.17) is 16.9 Å². The first kappa shape index (κ1) is 18.4. The molecule has 0 atom stereocenters. The highest BCUT2D eigenvalue weighted by Gasteiger charge is 2.13. The van der Waals surface area contributed by atoms with Crippen LogP contribution < -0.4 is 10.9 Å². The third-order valence-corrected chi connectivity index (χ3v) is 4.56. The molecular weight excluding hydrogens is 392 g/mol. The van der Waals surface area contributed by atoms with Crippen LogP contribution in [0.4, 0.5) is 5.69 Å². The van der Waals surface area contributed by atoms with Gasteiger partial charge in [0.2, 0.25) is 5.91 Å². The van der Waals surface area contributed by atoms with Crippen molar-refractivity contribution in [2.75, 3.05) is 5.32 Å². The van der Waals surface area contributed by atoms with Crippen molar-refractivity contribution in [3.63, 3.8) is 0 Å². The van der Waals surface area contributed by atoms with Crippen LogP contribution in [0.5, 0.6) is 0 Å². The number of halogens is 1. The number of para-hydroxylation sites is 1. The summed E-state index contributed by atoms with van der Waals surface area (Å²) in [5, 5.41) is 16.3. The van der Waals surface area contributed by atoms with Gasteiger partial charge in [-0.05, 0) is 30.3 Å². The van der Waals surface area contributed by atoms with Crippen LogP contribution in [0, 0.1) is 11.3 Å². The predicted molar refractivity (Wildman–Crippen MR) is 108 cm³/mol. The second kappa shape index (κ2) is 7.58. The van der Waals surface area contributed by atoms with Crippen molar-refractivity contribution in [3.8, 4) is 11.8 Å². The highest BCUT2D eigenvalue weighted by Crippen LogP contribution is 2.20. The average Bonchev–Trinajstić information content (AvgIpc) is 3.16. The molecule has 1 N–H and O–H groups in total. The summed E-state index contributed by atoms with van der Waals surface area (Å²) >= 11 is 5.97. The summed E-state index contributed by atoms with van der Waals surface area (Å²) < 4.78 is 2.78. The van der Waals surface area contributed by atoms with Crippen molar-refractivity contribution in [2.45, 2.75) is 6.54 Å². The smallest absolute Gasteiger partial charge is 0.264 e. The third-order valence-electron chi connectivity index (χ3n) is 4.24. The highest BCUT2D eigenvalue weighted by atomic mass is 35.5. The third kappa shape index (κ3) is 3.59. The zero-order valence-electron chi connectivity index (χ0n) is 14.9. The first-order valence-corrected chi connectivity index (χ1v) is 8.92. The Hall–Kier alpha value is -3.96. The average molecular weight is 405 g/mol. The number of hydrogen-bond donors (Lipinski definition) is 1. The second-order valence-electron chi connectivity index (χ2n) is 6.16. The SMILES string of the molecule is N#Cc1ccc(NC(=O)Cn2cnc3c(cnn3-c3ccccc3)c2=O)cc1Cl. The van der Waals surface area contributed by atoms with E-state index in [9.17, 15) is 9.59 Å². The molecule has 0 fully saturated rings. The summed E-state index contributed by atoms with van der Waals surface area (Å²) in [5.41, 5.74) is 1.56. The molecule has 2 heterocycles. The molecule has 1 amide bonds. The van der Waals surface area contributed by atoms with E-state index in [1.54, 1.807) is 10.7 Å². The molecule has 2 aromatic heterocycles. The van der Waals surface area contributed by atoms with Gasteiger partial charge in [-0.2, -0.15) is 10.4 Å². The Morgan fingerprint density at radius 1 is 1.21 bits per heavy atom. The van der Waals surface area contributed by atoms with Gasteiger partial charge in [0.15, 0.2) is 5.65 Å². The molecule has 2 aromatic carbocycles. The van der Waals surface area contributed by atoms with Crippen LogP contribution in [0.2, 0.25) is 5.02 Å². The summed E-state index contributed by atoms with van der Waals surface area (Å²) in [6, 6.07) is 15.8. The van der Waals surface area contributed by atoms with Gasteiger partial charge in [0, 0.05) is 5.69 Å². The number of aromatic nitrogens is 4.